The van der Waals surface area contributed by atoms with Crippen LogP contribution in [-0.2, 0) is 11.8 Å². The first kappa shape index (κ1) is 17.0. The topological polar surface area (TPSA) is 33.1 Å². The second-order valence-corrected chi connectivity index (χ2v) is 9.58. The molecule has 2 nitrogen and oxygen atoms in total. The van der Waals surface area contributed by atoms with E-state index in [1.54, 1.807) is 11.3 Å². The molecule has 0 aliphatic heterocycles. The van der Waals surface area contributed by atoms with Gasteiger partial charge in [0.05, 0.1) is 16.8 Å². The molecule has 0 radical (unpaired) electrons. The Kier molecular flexibility index (Phi) is 4.84. The number of nitrogens with zero attached hydrogens (tertiary/aromatic N) is 1. The normalized spacial score (nSPS) is 27.9. The van der Waals surface area contributed by atoms with Crippen LogP contribution in [-0.4, -0.2) is 16.2 Å². The molecule has 120 valence electrons. The molecule has 1 fully saturated rings. The summed E-state index contributed by atoms with van der Waals surface area (Å²) in [5.41, 5.74) is 1.43. The Morgan fingerprint density at radius 3 is 2.43 bits per heavy atom. The predicted molar refractivity (Wildman–Crippen MR) is 90.8 cm³/mol. The minimum Gasteiger partial charge on any atom is -0.393 e. The van der Waals surface area contributed by atoms with Gasteiger partial charge >= 0.3 is 0 Å². The van der Waals surface area contributed by atoms with E-state index in [4.69, 9.17) is 4.98 Å². The molecule has 1 aromatic heterocycles. The third-order valence-corrected chi connectivity index (χ3v) is 5.86. The summed E-state index contributed by atoms with van der Waals surface area (Å²) in [7, 11) is 0. The lowest BCUT2D eigenvalue weighted by Gasteiger charge is -2.41. The van der Waals surface area contributed by atoms with E-state index < -0.39 is 0 Å². The van der Waals surface area contributed by atoms with Gasteiger partial charge in [0, 0.05) is 17.2 Å². The summed E-state index contributed by atoms with van der Waals surface area (Å²) in [5, 5.41) is 13.9. The van der Waals surface area contributed by atoms with Gasteiger partial charge in [-0.3, -0.25) is 0 Å². The molecule has 3 atom stereocenters. The highest BCUT2D eigenvalue weighted by atomic mass is 32.1. The van der Waals surface area contributed by atoms with E-state index in [1.165, 1.54) is 17.1 Å². The van der Waals surface area contributed by atoms with E-state index in [9.17, 15) is 5.11 Å². The molecule has 2 rings (SSSR count). The molecular formula is C18H31NOS. The third-order valence-electron chi connectivity index (χ3n) is 5.01. The van der Waals surface area contributed by atoms with Crippen LogP contribution < -0.4 is 0 Å². The number of hydrogen-bond acceptors (Lipinski definition) is 3. The summed E-state index contributed by atoms with van der Waals surface area (Å²) in [6.07, 6.45) is 4.18. The second-order valence-electron chi connectivity index (χ2n) is 8.63. The van der Waals surface area contributed by atoms with E-state index in [-0.39, 0.29) is 16.9 Å². The average molecular weight is 310 g/mol. The van der Waals surface area contributed by atoms with Crippen molar-refractivity contribution in [2.75, 3.05) is 0 Å². The first-order valence-electron chi connectivity index (χ1n) is 8.22. The highest BCUT2D eigenvalue weighted by Gasteiger charge is 2.38. The lowest BCUT2D eigenvalue weighted by molar-refractivity contribution is -0.0125. The fourth-order valence-electron chi connectivity index (χ4n) is 3.52. The first-order chi connectivity index (χ1) is 9.59. The summed E-state index contributed by atoms with van der Waals surface area (Å²) >= 11 is 1.78. The van der Waals surface area contributed by atoms with Gasteiger partial charge in [0.1, 0.15) is 0 Å². The van der Waals surface area contributed by atoms with E-state index in [1.807, 2.05) is 0 Å². The van der Waals surface area contributed by atoms with Crippen molar-refractivity contribution in [2.24, 2.45) is 17.3 Å². The maximum atomic E-state index is 10.5. The molecule has 1 aromatic rings. The Hall–Kier alpha value is -0.410. The number of hydrogen-bond donors (Lipinski definition) is 1. The first-order valence-corrected chi connectivity index (χ1v) is 9.10. The van der Waals surface area contributed by atoms with Crippen molar-refractivity contribution in [3.63, 3.8) is 0 Å². The monoisotopic (exact) mass is 309 g/mol. The molecule has 1 N–H and O–H groups in total. The Bertz CT molecular complexity index is 472. The van der Waals surface area contributed by atoms with Gasteiger partial charge < -0.3 is 5.11 Å². The maximum Gasteiger partial charge on any atom is 0.0933 e. The van der Waals surface area contributed by atoms with Crippen molar-refractivity contribution in [3.8, 4) is 0 Å². The van der Waals surface area contributed by atoms with Gasteiger partial charge in [-0.2, -0.15) is 0 Å². The van der Waals surface area contributed by atoms with Crippen molar-refractivity contribution >= 4 is 11.3 Å². The van der Waals surface area contributed by atoms with Gasteiger partial charge in [-0.05, 0) is 30.1 Å². The van der Waals surface area contributed by atoms with Gasteiger partial charge in [-0.15, -0.1) is 11.3 Å². The number of thiazole rings is 1. The van der Waals surface area contributed by atoms with Crippen molar-refractivity contribution in [1.82, 2.24) is 4.98 Å². The molecule has 1 saturated carbocycles. The Morgan fingerprint density at radius 1 is 1.24 bits per heavy atom. The molecule has 0 spiro atoms. The smallest absolute Gasteiger partial charge is 0.0933 e. The average Bonchev–Trinajstić information content (AvgIpc) is 2.75. The van der Waals surface area contributed by atoms with Crippen LogP contribution >= 0.6 is 11.3 Å². The third kappa shape index (κ3) is 4.07. The lowest BCUT2D eigenvalue weighted by Crippen LogP contribution is -2.39. The summed E-state index contributed by atoms with van der Waals surface area (Å²) in [6.45, 7) is 13.5. The molecule has 3 heteroatoms. The molecule has 21 heavy (non-hydrogen) atoms. The molecule has 0 bridgehead atoms. The number of aliphatic hydroxyl groups excluding tert-OH is 1. The highest BCUT2D eigenvalue weighted by Crippen LogP contribution is 2.42. The zero-order chi connectivity index (χ0) is 15.8. The fraction of sp³-hybridized carbons (Fsp3) is 0.833. The van der Waals surface area contributed by atoms with Crippen LogP contribution in [0, 0.1) is 17.3 Å². The number of aromatic nitrogens is 1. The van der Waals surface area contributed by atoms with Gasteiger partial charge in [0.25, 0.3) is 0 Å². The van der Waals surface area contributed by atoms with Crippen molar-refractivity contribution < 1.29 is 5.11 Å². The quantitative estimate of drug-likeness (QED) is 0.869. The standard InChI is InChI=1S/C18H31NOS/c1-12-7-8-13(14(20)9-12)18(5,6)10-16-19-15(11-21-16)17(2,3)4/h11-14,20H,7-10H2,1-6H3. The van der Waals surface area contributed by atoms with E-state index >= 15 is 0 Å². The highest BCUT2D eigenvalue weighted by molar-refractivity contribution is 7.09. The zero-order valence-corrected chi connectivity index (χ0v) is 15.3. The predicted octanol–water partition coefficient (Wildman–Crippen LogP) is 4.81. The summed E-state index contributed by atoms with van der Waals surface area (Å²) in [4.78, 5) is 4.84. The second kappa shape index (κ2) is 6.00. The van der Waals surface area contributed by atoms with E-state index in [0.717, 1.165) is 19.3 Å². The van der Waals surface area contributed by atoms with E-state index in [0.29, 0.717) is 11.8 Å². The summed E-state index contributed by atoms with van der Waals surface area (Å²) in [5.74, 6) is 1.06. The zero-order valence-electron chi connectivity index (χ0n) is 14.4. The van der Waals surface area contributed by atoms with Crippen LogP contribution in [0.4, 0.5) is 0 Å². The molecule has 0 saturated heterocycles. The van der Waals surface area contributed by atoms with Crippen molar-refractivity contribution in [3.05, 3.63) is 16.1 Å². The van der Waals surface area contributed by atoms with Crippen LogP contribution in [0.3, 0.4) is 0 Å². The minimum absolute atomic E-state index is 0.118. The molecule has 0 aromatic carbocycles. The van der Waals surface area contributed by atoms with Gasteiger partial charge in [-0.25, -0.2) is 4.98 Å². The number of rotatable bonds is 3. The molecule has 1 aliphatic rings. The fourth-order valence-corrected chi connectivity index (χ4v) is 4.78. The van der Waals surface area contributed by atoms with Gasteiger partial charge in [-0.1, -0.05) is 48.0 Å². The Labute approximate surface area is 134 Å². The number of aliphatic hydroxyl groups is 1. The van der Waals surface area contributed by atoms with Crippen molar-refractivity contribution in [1.29, 1.82) is 0 Å². The van der Waals surface area contributed by atoms with Crippen LogP contribution in [0.5, 0.6) is 0 Å². The molecule has 1 aliphatic carbocycles. The molecular weight excluding hydrogens is 278 g/mol. The van der Waals surface area contributed by atoms with Gasteiger partial charge in [0.2, 0.25) is 0 Å². The summed E-state index contributed by atoms with van der Waals surface area (Å²) in [6, 6.07) is 0. The lowest BCUT2D eigenvalue weighted by atomic mass is 9.66. The molecule has 0 amide bonds. The van der Waals surface area contributed by atoms with Crippen LogP contribution in [0.1, 0.15) is 71.5 Å². The van der Waals surface area contributed by atoms with Gasteiger partial charge in [0.15, 0.2) is 0 Å². The van der Waals surface area contributed by atoms with Crippen LogP contribution in [0.2, 0.25) is 0 Å². The molecule has 1 heterocycles. The maximum absolute atomic E-state index is 10.5. The van der Waals surface area contributed by atoms with E-state index in [2.05, 4.69) is 46.9 Å². The summed E-state index contributed by atoms with van der Waals surface area (Å²) < 4.78 is 0. The van der Waals surface area contributed by atoms with Crippen LogP contribution in [0.15, 0.2) is 5.38 Å². The minimum atomic E-state index is -0.147. The Balaban J connectivity index is 2.08. The Morgan fingerprint density at radius 2 is 1.90 bits per heavy atom. The van der Waals surface area contributed by atoms with Crippen LogP contribution in [0.25, 0.3) is 0 Å². The SMILES string of the molecule is CC1CCC(C(C)(C)Cc2nc(C(C)(C)C)cs2)C(O)C1. The van der Waals surface area contributed by atoms with Crippen molar-refractivity contribution in [2.45, 2.75) is 78.7 Å². The largest absolute Gasteiger partial charge is 0.393 e. The molecule has 3 unspecified atom stereocenters.